The summed E-state index contributed by atoms with van der Waals surface area (Å²) in [4.78, 5) is 14.9. The Labute approximate surface area is 185 Å². The zero-order valence-electron chi connectivity index (χ0n) is 18.5. The predicted molar refractivity (Wildman–Crippen MR) is 130 cm³/mol. The lowest BCUT2D eigenvalue weighted by Crippen LogP contribution is -2.10. The Morgan fingerprint density at radius 3 is 2.29 bits per heavy atom. The van der Waals surface area contributed by atoms with Gasteiger partial charge in [0.25, 0.3) is 0 Å². The Morgan fingerprint density at radius 2 is 1.68 bits per heavy atom. The van der Waals surface area contributed by atoms with Crippen molar-refractivity contribution < 1.29 is 4.74 Å². The lowest BCUT2D eigenvalue weighted by Gasteiger charge is -2.19. The molecule has 31 heavy (non-hydrogen) atoms. The number of hydrogen-bond donors (Lipinski definition) is 1. The molecule has 4 aromatic rings. The van der Waals surface area contributed by atoms with E-state index in [0.29, 0.717) is 5.82 Å². The minimum atomic E-state index is -0.478. The van der Waals surface area contributed by atoms with Gasteiger partial charge in [-0.05, 0) is 47.4 Å². The fraction of sp³-hybridized carbons (Fsp3) is 0.250. The van der Waals surface area contributed by atoms with Gasteiger partial charge in [-0.15, -0.1) is 0 Å². The number of aromatic nitrogens is 4. The summed E-state index contributed by atoms with van der Waals surface area (Å²) >= 11 is 0. The molecule has 0 fully saturated rings. The number of benzene rings is 2. The van der Waals surface area contributed by atoms with E-state index >= 15 is 0 Å². The highest BCUT2D eigenvalue weighted by Crippen LogP contribution is 2.32. The number of ether oxygens (including phenoxy) is 1. The van der Waals surface area contributed by atoms with Crippen molar-refractivity contribution in [2.75, 3.05) is 11.8 Å². The minimum absolute atomic E-state index is 0.121. The summed E-state index contributed by atoms with van der Waals surface area (Å²) in [6.07, 6.45) is 1.56. The van der Waals surface area contributed by atoms with Gasteiger partial charge in [0.15, 0.2) is 17.0 Å². The van der Waals surface area contributed by atoms with E-state index in [4.69, 9.17) is 9.72 Å². The molecule has 0 aliphatic heterocycles. The van der Waals surface area contributed by atoms with Crippen molar-refractivity contribution in [1.82, 2.24) is 19.5 Å². The Balaban J connectivity index is 1.66. The predicted octanol–water partition coefficient (Wildman–Crippen LogP) is 5.42. The van der Waals surface area contributed by atoms with Crippen LogP contribution in [0.3, 0.4) is 0 Å². The number of nitrogens with zero attached hydrogens (tertiary/aromatic N) is 4. The summed E-state index contributed by atoms with van der Waals surface area (Å²) in [5.41, 5.74) is 3.90. The van der Waals surface area contributed by atoms with Crippen LogP contribution in [0.15, 0.2) is 59.8 Å². The van der Waals surface area contributed by atoms with Gasteiger partial charge >= 0.3 is 0 Å². The third-order valence-corrected chi connectivity index (χ3v) is 6.51. The number of anilines is 1. The highest BCUT2D eigenvalue weighted by molar-refractivity contribution is 8.15. The first-order valence-electron chi connectivity index (χ1n) is 10.0. The number of methoxy groups -OCH3 is 1. The molecule has 7 heteroatoms. The zero-order chi connectivity index (χ0) is 22.2. The van der Waals surface area contributed by atoms with Crippen molar-refractivity contribution in [1.29, 1.82) is 0 Å². The van der Waals surface area contributed by atoms with Gasteiger partial charge in [-0.25, -0.2) is 15.0 Å². The molecule has 6 nitrogen and oxygen atoms in total. The van der Waals surface area contributed by atoms with Crippen LogP contribution in [-0.2, 0) is 12.5 Å². The first-order chi connectivity index (χ1) is 14.8. The van der Waals surface area contributed by atoms with Crippen molar-refractivity contribution >= 4 is 33.5 Å². The number of nitrogens with one attached hydrogen (secondary N) is 1. The van der Waals surface area contributed by atoms with Crippen LogP contribution < -0.4 is 9.46 Å². The Bertz CT molecular complexity index is 1240. The van der Waals surface area contributed by atoms with E-state index in [9.17, 15) is 0 Å². The molecular weight excluding hydrogens is 406 g/mol. The molecule has 0 radical (unpaired) electrons. The number of hydrogen-bond acceptors (Lipinski definition) is 5. The summed E-state index contributed by atoms with van der Waals surface area (Å²) in [6.45, 7) is 6.63. The Morgan fingerprint density at radius 1 is 1.00 bits per heavy atom. The third-order valence-electron chi connectivity index (χ3n) is 5.23. The maximum atomic E-state index is 5.26. The van der Waals surface area contributed by atoms with Gasteiger partial charge in [0.05, 0.1) is 7.11 Å². The summed E-state index contributed by atoms with van der Waals surface area (Å²) in [7, 11) is 3.14. The molecule has 160 valence electrons. The highest BCUT2D eigenvalue weighted by atomic mass is 32.2. The van der Waals surface area contributed by atoms with Crippen molar-refractivity contribution in [2.45, 2.75) is 31.1 Å². The van der Waals surface area contributed by atoms with Crippen LogP contribution in [-0.4, -0.2) is 32.5 Å². The van der Waals surface area contributed by atoms with Gasteiger partial charge in [0.2, 0.25) is 0 Å². The lowest BCUT2D eigenvalue weighted by atomic mass is 9.87. The maximum absolute atomic E-state index is 5.26. The van der Waals surface area contributed by atoms with Gasteiger partial charge < -0.3 is 14.0 Å². The van der Waals surface area contributed by atoms with Gasteiger partial charge in [0, 0.05) is 17.5 Å². The summed E-state index contributed by atoms with van der Waals surface area (Å²) in [5, 5.41) is 0. The Kier molecular flexibility index (Phi) is 5.54. The van der Waals surface area contributed by atoms with Crippen LogP contribution in [0.4, 0.5) is 5.82 Å². The van der Waals surface area contributed by atoms with Crippen LogP contribution in [0, 0.1) is 0 Å². The van der Waals surface area contributed by atoms with E-state index < -0.39 is 10.7 Å². The fourth-order valence-corrected chi connectivity index (χ4v) is 4.33. The normalized spacial score (nSPS) is 12.7. The largest absolute Gasteiger partial charge is 0.497 e. The fourth-order valence-electron chi connectivity index (χ4n) is 3.37. The molecule has 0 saturated carbocycles. The van der Waals surface area contributed by atoms with E-state index in [0.717, 1.165) is 33.2 Å². The van der Waals surface area contributed by atoms with Crippen LogP contribution in [0.5, 0.6) is 5.75 Å². The van der Waals surface area contributed by atoms with Crippen molar-refractivity contribution in [2.24, 2.45) is 7.05 Å². The molecule has 0 aliphatic carbocycles. The smallest absolute Gasteiger partial charge is 0.167 e. The maximum Gasteiger partial charge on any atom is 0.167 e. The monoisotopic (exact) mass is 433 g/mol. The lowest BCUT2D eigenvalue weighted by molar-refractivity contribution is 0.415. The second-order valence-corrected chi connectivity index (χ2v) is 9.84. The zero-order valence-corrected chi connectivity index (χ0v) is 19.3. The van der Waals surface area contributed by atoms with E-state index in [1.807, 2.05) is 35.9 Å². The SMILES string of the molecule is C=S(Nc1ncnc2c1nc(-c1ccc(OC)cc1)n2C)c1ccc(C(C)(C)C)cc1. The average molecular weight is 434 g/mol. The molecule has 0 bridgehead atoms. The molecule has 2 aromatic carbocycles. The van der Waals surface area contributed by atoms with Crippen LogP contribution >= 0.6 is 10.7 Å². The minimum Gasteiger partial charge on any atom is -0.497 e. The number of rotatable bonds is 5. The van der Waals surface area contributed by atoms with Crippen LogP contribution in [0.25, 0.3) is 22.6 Å². The first kappa shape index (κ1) is 21.1. The van der Waals surface area contributed by atoms with Gasteiger partial charge in [-0.2, -0.15) is 0 Å². The summed E-state index contributed by atoms with van der Waals surface area (Å²) in [5.74, 6) is 6.62. The molecule has 4 rings (SSSR count). The van der Waals surface area contributed by atoms with Gasteiger partial charge in [-0.3, -0.25) is 0 Å². The van der Waals surface area contributed by atoms with E-state index in [2.05, 4.69) is 65.6 Å². The van der Waals surface area contributed by atoms with Crippen LogP contribution in [0.1, 0.15) is 26.3 Å². The molecule has 0 saturated heterocycles. The van der Waals surface area contributed by atoms with Crippen molar-refractivity contribution in [3.8, 4) is 17.1 Å². The van der Waals surface area contributed by atoms with E-state index in [-0.39, 0.29) is 5.41 Å². The second kappa shape index (κ2) is 8.15. The molecule has 2 heterocycles. The van der Waals surface area contributed by atoms with E-state index in [1.54, 1.807) is 13.4 Å². The Hall–Kier alpha value is -3.19. The van der Waals surface area contributed by atoms with Gasteiger partial charge in [-0.1, -0.05) is 49.4 Å². The third kappa shape index (κ3) is 4.18. The average Bonchev–Trinajstić information content (AvgIpc) is 3.11. The molecule has 1 N–H and O–H groups in total. The quantitative estimate of drug-likeness (QED) is 0.426. The molecule has 1 atom stereocenters. The van der Waals surface area contributed by atoms with Crippen molar-refractivity contribution in [3.05, 3.63) is 60.4 Å². The molecule has 0 spiro atoms. The summed E-state index contributed by atoms with van der Waals surface area (Å²) in [6, 6.07) is 16.4. The summed E-state index contributed by atoms with van der Waals surface area (Å²) < 4.78 is 10.7. The van der Waals surface area contributed by atoms with Gasteiger partial charge in [0.1, 0.15) is 17.9 Å². The first-order valence-corrected chi connectivity index (χ1v) is 11.4. The standard InChI is InChI=1S/C24H27N5OS/c1-24(2,3)17-9-13-19(14-10-17)31(6)28-21-20-23(26-15-25-21)29(4)22(27-20)16-7-11-18(30-5)12-8-16/h7-15H,6H2,1-5H3,(H,25,26,28). The van der Waals surface area contributed by atoms with E-state index in [1.165, 1.54) is 5.56 Å². The number of aryl methyl sites for hydroxylation is 1. The second-order valence-electron chi connectivity index (χ2n) is 8.38. The molecule has 0 aliphatic rings. The van der Waals surface area contributed by atoms with Crippen molar-refractivity contribution in [3.63, 3.8) is 0 Å². The highest BCUT2D eigenvalue weighted by Gasteiger charge is 2.16. The molecular formula is C24H27N5OS. The molecule has 1 unspecified atom stereocenters. The number of imidazole rings is 1. The number of fused-ring (bicyclic) bond motifs is 1. The topological polar surface area (TPSA) is 64.9 Å². The van der Waals surface area contributed by atoms with Crippen LogP contribution in [0.2, 0.25) is 0 Å². The molecule has 2 aromatic heterocycles. The molecule has 0 amide bonds.